The van der Waals surface area contributed by atoms with Crippen molar-refractivity contribution in [2.45, 2.75) is 38.5 Å². The van der Waals surface area contributed by atoms with E-state index in [-0.39, 0.29) is 54.0 Å². The predicted molar refractivity (Wildman–Crippen MR) is 132 cm³/mol. The molecule has 1 N–H and O–H groups in total. The van der Waals surface area contributed by atoms with Crippen LogP contribution in [0.5, 0.6) is 6.01 Å². The Morgan fingerprint density at radius 3 is 2.10 bits per heavy atom. The fourth-order valence-corrected chi connectivity index (χ4v) is 3.96. The molecule has 6 nitrogen and oxygen atoms in total. The zero-order valence-corrected chi connectivity index (χ0v) is 21.5. The Morgan fingerprint density at radius 2 is 1.56 bits per heavy atom. The summed E-state index contributed by atoms with van der Waals surface area (Å²) in [6.07, 6.45) is -9.99. The van der Waals surface area contributed by atoms with E-state index in [0.717, 1.165) is 0 Å². The number of hydrogen-bond donors (Lipinski definition) is 1. The number of aryl methyl sites for hydroxylation is 3. The van der Waals surface area contributed by atoms with Gasteiger partial charge >= 0.3 is 24.3 Å². The maximum Gasteiger partial charge on any atom is 0.416 e. The van der Waals surface area contributed by atoms with Crippen LogP contribution in [0, 0.1) is 6.92 Å². The molecule has 0 fully saturated rings. The number of carboxylic acids is 1. The highest BCUT2D eigenvalue weighted by Crippen LogP contribution is 2.37. The van der Waals surface area contributed by atoms with Gasteiger partial charge in [0.2, 0.25) is 0 Å². The zero-order chi connectivity index (χ0) is 29.0. The van der Waals surface area contributed by atoms with Crippen molar-refractivity contribution in [3.05, 3.63) is 76.0 Å². The molecule has 0 spiro atoms. The lowest BCUT2D eigenvalue weighted by molar-refractivity contribution is -0.143. The minimum absolute atomic E-state index is 0.0484. The second-order valence-electron chi connectivity index (χ2n) is 9.22. The first-order chi connectivity index (χ1) is 18.2. The van der Waals surface area contributed by atoms with Gasteiger partial charge in [0, 0.05) is 12.1 Å². The van der Waals surface area contributed by atoms with Crippen molar-refractivity contribution < 1.29 is 41.0 Å². The number of halogens is 6. The molecule has 3 aromatic rings. The van der Waals surface area contributed by atoms with Crippen LogP contribution in [0.3, 0.4) is 0 Å². The number of ether oxygens (including phenoxy) is 1. The lowest BCUT2D eigenvalue weighted by Crippen LogP contribution is -2.17. The minimum Gasteiger partial charge on any atom is -0.478 e. The molecule has 1 aromatic heterocycles. The summed E-state index contributed by atoms with van der Waals surface area (Å²) in [4.78, 5) is 22.8. The maximum absolute atomic E-state index is 13.3. The summed E-state index contributed by atoms with van der Waals surface area (Å²) < 4.78 is 85.6. The van der Waals surface area contributed by atoms with Crippen LogP contribution in [0.4, 0.5) is 26.3 Å². The molecule has 12 heteroatoms. The third-order valence-electron chi connectivity index (χ3n) is 5.86. The Balaban J connectivity index is 2.06. The SMILES string of the molecule is Cc1ccccc1-c1nc(OCCCN(C)C)nc(CCc2cc(C(F)(F)F)cc(C(F)(F)F)c2)c1C(=O)O. The highest BCUT2D eigenvalue weighted by molar-refractivity contribution is 5.96. The Kier molecular flexibility index (Phi) is 9.21. The normalized spacial score (nSPS) is 12.2. The van der Waals surface area contributed by atoms with Gasteiger partial charge in [-0.15, -0.1) is 0 Å². The van der Waals surface area contributed by atoms with E-state index in [0.29, 0.717) is 36.2 Å². The summed E-state index contributed by atoms with van der Waals surface area (Å²) in [5.74, 6) is -1.39. The number of hydrogen-bond acceptors (Lipinski definition) is 5. The van der Waals surface area contributed by atoms with E-state index < -0.39 is 29.4 Å². The summed E-state index contributed by atoms with van der Waals surface area (Å²) >= 11 is 0. The highest BCUT2D eigenvalue weighted by Gasteiger charge is 2.37. The van der Waals surface area contributed by atoms with E-state index in [1.807, 2.05) is 19.0 Å². The molecular formula is C27H27F6N3O3. The Bertz CT molecular complexity index is 1290. The fraction of sp³-hybridized carbons (Fsp3) is 0.370. The molecule has 0 radical (unpaired) electrons. The molecule has 0 saturated carbocycles. The summed E-state index contributed by atoms with van der Waals surface area (Å²) in [7, 11) is 3.76. The lowest BCUT2D eigenvalue weighted by Gasteiger charge is -2.16. The van der Waals surface area contributed by atoms with Crippen molar-refractivity contribution >= 4 is 5.97 Å². The molecule has 0 saturated heterocycles. The van der Waals surface area contributed by atoms with Crippen molar-refractivity contribution in [2.75, 3.05) is 27.2 Å². The molecule has 0 aliphatic rings. The summed E-state index contributed by atoms with van der Waals surface area (Å²) in [5, 5.41) is 10.0. The van der Waals surface area contributed by atoms with Crippen LogP contribution >= 0.6 is 0 Å². The van der Waals surface area contributed by atoms with Crippen LogP contribution in [-0.2, 0) is 25.2 Å². The number of alkyl halides is 6. The third kappa shape index (κ3) is 7.92. The summed E-state index contributed by atoms with van der Waals surface area (Å²) in [5.41, 5.74) is -2.28. The first-order valence-corrected chi connectivity index (χ1v) is 11.9. The van der Waals surface area contributed by atoms with Crippen LogP contribution in [-0.4, -0.2) is 53.2 Å². The van der Waals surface area contributed by atoms with Crippen molar-refractivity contribution in [1.82, 2.24) is 14.9 Å². The van der Waals surface area contributed by atoms with Gasteiger partial charge in [-0.05, 0) is 69.6 Å². The van der Waals surface area contributed by atoms with E-state index >= 15 is 0 Å². The monoisotopic (exact) mass is 555 g/mol. The van der Waals surface area contributed by atoms with Gasteiger partial charge in [0.05, 0.1) is 29.1 Å². The topological polar surface area (TPSA) is 75.5 Å². The fourth-order valence-electron chi connectivity index (χ4n) is 3.96. The van der Waals surface area contributed by atoms with Gasteiger partial charge in [-0.1, -0.05) is 24.3 Å². The summed E-state index contributed by atoms with van der Waals surface area (Å²) in [6.45, 7) is 2.66. The van der Waals surface area contributed by atoms with Gasteiger partial charge in [0.15, 0.2) is 0 Å². The van der Waals surface area contributed by atoms with Gasteiger partial charge in [0.25, 0.3) is 0 Å². The molecule has 1 heterocycles. The smallest absolute Gasteiger partial charge is 0.416 e. The van der Waals surface area contributed by atoms with E-state index in [1.165, 1.54) is 0 Å². The van der Waals surface area contributed by atoms with E-state index in [1.54, 1.807) is 31.2 Å². The van der Waals surface area contributed by atoms with Crippen molar-refractivity contribution in [2.24, 2.45) is 0 Å². The molecule has 0 amide bonds. The summed E-state index contributed by atoms with van der Waals surface area (Å²) in [6, 6.07) is 8.02. The van der Waals surface area contributed by atoms with Gasteiger partial charge in [-0.2, -0.15) is 36.3 Å². The van der Waals surface area contributed by atoms with Crippen LogP contribution in [0.25, 0.3) is 11.3 Å². The number of aromatic carboxylic acids is 1. The van der Waals surface area contributed by atoms with Gasteiger partial charge in [-0.25, -0.2) is 4.79 Å². The van der Waals surface area contributed by atoms with E-state index in [2.05, 4.69) is 9.97 Å². The van der Waals surface area contributed by atoms with Crippen molar-refractivity contribution in [1.29, 1.82) is 0 Å². The number of aromatic nitrogens is 2. The number of rotatable bonds is 10. The molecule has 210 valence electrons. The first-order valence-electron chi connectivity index (χ1n) is 11.9. The minimum atomic E-state index is -5.00. The lowest BCUT2D eigenvalue weighted by atomic mass is 9.96. The number of carboxylic acid groups (broad SMARTS) is 1. The van der Waals surface area contributed by atoms with Gasteiger partial charge < -0.3 is 14.7 Å². The first kappa shape index (κ1) is 29.9. The third-order valence-corrected chi connectivity index (χ3v) is 5.86. The predicted octanol–water partition coefficient (Wildman–Crippen LogP) is 6.30. The van der Waals surface area contributed by atoms with Gasteiger partial charge in [-0.3, -0.25) is 0 Å². The maximum atomic E-state index is 13.3. The Labute approximate surface area is 221 Å². The van der Waals surface area contributed by atoms with Crippen LogP contribution in [0.15, 0.2) is 42.5 Å². The molecule has 2 aromatic carbocycles. The number of carbonyl (C=O) groups is 1. The van der Waals surface area contributed by atoms with Crippen LogP contribution in [0.1, 0.15) is 44.7 Å². The molecule has 0 aliphatic carbocycles. The molecule has 3 rings (SSSR count). The Hall–Kier alpha value is -3.67. The molecule has 39 heavy (non-hydrogen) atoms. The van der Waals surface area contributed by atoms with Crippen LogP contribution in [0.2, 0.25) is 0 Å². The van der Waals surface area contributed by atoms with Crippen molar-refractivity contribution in [3.8, 4) is 17.3 Å². The second-order valence-corrected chi connectivity index (χ2v) is 9.22. The van der Waals surface area contributed by atoms with Crippen LogP contribution < -0.4 is 4.74 Å². The quantitative estimate of drug-likeness (QED) is 0.234. The second kappa shape index (κ2) is 12.0. The molecule has 0 unspecified atom stereocenters. The molecule has 0 bridgehead atoms. The molecule has 0 aliphatic heterocycles. The zero-order valence-electron chi connectivity index (χ0n) is 21.5. The standard InChI is InChI=1S/C27H27F6N3O3/c1-16-7-4-5-8-20(16)23-22(24(37)38)21(34-25(35-23)39-12-6-11-36(2)3)10-9-17-13-18(26(28,29)30)15-19(14-17)27(31,32)33/h4-5,7-8,13-15H,6,9-12H2,1-3H3,(H,37,38). The average Bonchev–Trinajstić information content (AvgIpc) is 2.83. The molecular weight excluding hydrogens is 528 g/mol. The van der Waals surface area contributed by atoms with E-state index in [4.69, 9.17) is 4.74 Å². The highest BCUT2D eigenvalue weighted by atomic mass is 19.4. The number of nitrogens with zero attached hydrogens (tertiary/aromatic N) is 3. The van der Waals surface area contributed by atoms with Gasteiger partial charge in [0.1, 0.15) is 5.56 Å². The van der Waals surface area contributed by atoms with E-state index in [9.17, 15) is 36.2 Å². The van der Waals surface area contributed by atoms with Crippen molar-refractivity contribution in [3.63, 3.8) is 0 Å². The largest absolute Gasteiger partial charge is 0.478 e. The number of benzene rings is 2. The Morgan fingerprint density at radius 1 is 0.949 bits per heavy atom. The molecule has 0 atom stereocenters. The average molecular weight is 556 g/mol.